The molecule has 0 spiro atoms. The van der Waals surface area contributed by atoms with Crippen LogP contribution in [0.2, 0.25) is 10.0 Å². The Morgan fingerprint density at radius 2 is 1.72 bits per heavy atom. The summed E-state index contributed by atoms with van der Waals surface area (Å²) in [6.07, 6.45) is 1.42. The number of urea groups is 1. The summed E-state index contributed by atoms with van der Waals surface area (Å²) in [5.74, 6) is -1.11. The molecule has 1 saturated heterocycles. The number of likely N-dealkylation sites (tertiary alicyclic amines) is 1. The zero-order valence-electron chi connectivity index (χ0n) is 20.6. The molecule has 0 bridgehead atoms. The molecule has 1 atom stereocenters. The van der Waals surface area contributed by atoms with E-state index in [9.17, 15) is 14.4 Å². The SMILES string of the molecule is CCOC(=O)C1(Cc2ccc(Br)cc2)CCCN1C(=O)Nc1cc(Cl)c(C(=O)OC(C)(C)C)c(Cl)c1. The molecule has 10 heteroatoms. The summed E-state index contributed by atoms with van der Waals surface area (Å²) in [4.78, 5) is 40.7. The van der Waals surface area contributed by atoms with E-state index in [4.69, 9.17) is 32.7 Å². The van der Waals surface area contributed by atoms with Gasteiger partial charge in [-0.15, -0.1) is 0 Å². The lowest BCUT2D eigenvalue weighted by Gasteiger charge is -2.36. The van der Waals surface area contributed by atoms with Crippen molar-refractivity contribution in [2.24, 2.45) is 0 Å². The number of halogens is 3. The fraction of sp³-hybridized carbons (Fsp3) is 0.423. The fourth-order valence-electron chi connectivity index (χ4n) is 4.21. The minimum Gasteiger partial charge on any atom is -0.464 e. The molecule has 2 aromatic carbocycles. The van der Waals surface area contributed by atoms with Gasteiger partial charge in [0.25, 0.3) is 0 Å². The van der Waals surface area contributed by atoms with E-state index < -0.39 is 29.1 Å². The van der Waals surface area contributed by atoms with Crippen LogP contribution in [0.25, 0.3) is 0 Å². The van der Waals surface area contributed by atoms with Crippen molar-refractivity contribution in [1.29, 1.82) is 0 Å². The Balaban J connectivity index is 1.88. The molecule has 0 radical (unpaired) electrons. The molecule has 0 aromatic heterocycles. The average Bonchev–Trinajstić information content (AvgIpc) is 3.18. The van der Waals surface area contributed by atoms with Crippen molar-refractivity contribution in [2.45, 2.75) is 58.1 Å². The predicted octanol–water partition coefficient (Wildman–Crippen LogP) is 6.88. The molecule has 1 fully saturated rings. The van der Waals surface area contributed by atoms with E-state index in [1.165, 1.54) is 17.0 Å². The van der Waals surface area contributed by atoms with E-state index in [2.05, 4.69) is 21.2 Å². The molecule has 2 amide bonds. The number of amides is 2. The van der Waals surface area contributed by atoms with Crippen LogP contribution >= 0.6 is 39.1 Å². The van der Waals surface area contributed by atoms with E-state index in [1.54, 1.807) is 27.7 Å². The molecule has 0 aliphatic carbocycles. The summed E-state index contributed by atoms with van der Waals surface area (Å²) in [5, 5.41) is 2.86. The van der Waals surface area contributed by atoms with Gasteiger partial charge in [0.1, 0.15) is 11.1 Å². The molecule has 1 aliphatic rings. The van der Waals surface area contributed by atoms with Crippen LogP contribution in [0.15, 0.2) is 40.9 Å². The molecule has 1 N–H and O–H groups in total. The number of hydrogen-bond acceptors (Lipinski definition) is 5. The zero-order valence-corrected chi connectivity index (χ0v) is 23.7. The van der Waals surface area contributed by atoms with Crippen molar-refractivity contribution in [3.63, 3.8) is 0 Å². The molecule has 194 valence electrons. The van der Waals surface area contributed by atoms with Gasteiger partial charge in [0.05, 0.1) is 22.2 Å². The highest BCUT2D eigenvalue weighted by molar-refractivity contribution is 9.10. The Bertz CT molecular complexity index is 1130. The normalized spacial score (nSPS) is 17.6. The number of rotatable bonds is 6. The first kappa shape index (κ1) is 28.3. The monoisotopic (exact) mass is 598 g/mol. The summed E-state index contributed by atoms with van der Waals surface area (Å²) in [5.41, 5.74) is -0.673. The van der Waals surface area contributed by atoms with Gasteiger partial charge in [0, 0.05) is 23.1 Å². The van der Waals surface area contributed by atoms with E-state index in [0.717, 1.165) is 10.0 Å². The third-order valence-corrected chi connectivity index (χ3v) is 6.82. The second kappa shape index (κ2) is 11.4. The molecule has 1 unspecified atom stereocenters. The summed E-state index contributed by atoms with van der Waals surface area (Å²) >= 11 is 16.1. The zero-order chi connectivity index (χ0) is 26.7. The summed E-state index contributed by atoms with van der Waals surface area (Å²) in [6, 6.07) is 9.98. The average molecular weight is 600 g/mol. The lowest BCUT2D eigenvalue weighted by Crippen LogP contribution is -2.56. The van der Waals surface area contributed by atoms with E-state index >= 15 is 0 Å². The Morgan fingerprint density at radius 1 is 1.11 bits per heavy atom. The summed E-state index contributed by atoms with van der Waals surface area (Å²) in [6.45, 7) is 7.53. The van der Waals surface area contributed by atoms with Crippen LogP contribution in [-0.4, -0.2) is 47.2 Å². The van der Waals surface area contributed by atoms with Crippen LogP contribution in [0.4, 0.5) is 10.5 Å². The highest BCUT2D eigenvalue weighted by Crippen LogP contribution is 2.36. The van der Waals surface area contributed by atoms with Crippen LogP contribution in [-0.2, 0) is 20.7 Å². The number of anilines is 1. The molecule has 7 nitrogen and oxygen atoms in total. The number of benzene rings is 2. The molecule has 3 rings (SSSR count). The van der Waals surface area contributed by atoms with E-state index in [0.29, 0.717) is 25.8 Å². The van der Waals surface area contributed by atoms with Gasteiger partial charge in [-0.05, 0) is 70.4 Å². The van der Waals surface area contributed by atoms with Gasteiger partial charge in [-0.1, -0.05) is 51.3 Å². The van der Waals surface area contributed by atoms with Gasteiger partial charge in [-0.2, -0.15) is 0 Å². The van der Waals surface area contributed by atoms with Crippen molar-refractivity contribution in [3.8, 4) is 0 Å². The summed E-state index contributed by atoms with van der Waals surface area (Å²) in [7, 11) is 0. The molecule has 36 heavy (non-hydrogen) atoms. The van der Waals surface area contributed by atoms with Gasteiger partial charge in [-0.25, -0.2) is 14.4 Å². The highest BCUT2D eigenvalue weighted by Gasteiger charge is 2.51. The van der Waals surface area contributed by atoms with Crippen LogP contribution in [0.5, 0.6) is 0 Å². The van der Waals surface area contributed by atoms with E-state index in [1.807, 2.05) is 24.3 Å². The smallest absolute Gasteiger partial charge is 0.341 e. The fourth-order valence-corrected chi connectivity index (χ4v) is 5.11. The van der Waals surface area contributed by atoms with Gasteiger partial charge in [-0.3, -0.25) is 0 Å². The molecule has 0 saturated carbocycles. The quantitative estimate of drug-likeness (QED) is 0.366. The topological polar surface area (TPSA) is 84.9 Å². The Labute approximate surface area is 229 Å². The molecule has 2 aromatic rings. The van der Waals surface area contributed by atoms with Crippen molar-refractivity contribution in [2.75, 3.05) is 18.5 Å². The number of carbonyl (C=O) groups excluding carboxylic acids is 3. The van der Waals surface area contributed by atoms with Gasteiger partial charge >= 0.3 is 18.0 Å². The van der Waals surface area contributed by atoms with Crippen LogP contribution in [0.3, 0.4) is 0 Å². The molecular formula is C26H29BrCl2N2O5. The van der Waals surface area contributed by atoms with Gasteiger partial charge in [0.15, 0.2) is 0 Å². The number of carbonyl (C=O) groups is 3. The lowest BCUT2D eigenvalue weighted by molar-refractivity contribution is -0.154. The maximum absolute atomic E-state index is 13.4. The second-order valence-electron chi connectivity index (χ2n) is 9.56. The van der Waals surface area contributed by atoms with Crippen molar-refractivity contribution in [1.82, 2.24) is 4.90 Å². The first-order chi connectivity index (χ1) is 16.9. The predicted molar refractivity (Wildman–Crippen MR) is 144 cm³/mol. The Kier molecular flexibility index (Phi) is 8.96. The minimum atomic E-state index is -1.15. The molecule has 1 heterocycles. The third-order valence-electron chi connectivity index (χ3n) is 5.70. The minimum absolute atomic E-state index is 0.0172. The van der Waals surface area contributed by atoms with Crippen LogP contribution < -0.4 is 5.32 Å². The van der Waals surface area contributed by atoms with Crippen molar-refractivity contribution < 1.29 is 23.9 Å². The molecular weight excluding hydrogens is 571 g/mol. The van der Waals surface area contributed by atoms with E-state index in [-0.39, 0.29) is 27.9 Å². The number of nitrogens with zero attached hydrogens (tertiary/aromatic N) is 1. The number of esters is 2. The van der Waals surface area contributed by atoms with Crippen molar-refractivity contribution >= 4 is 62.8 Å². The largest absolute Gasteiger partial charge is 0.464 e. The maximum atomic E-state index is 13.4. The number of hydrogen-bond donors (Lipinski definition) is 1. The first-order valence-corrected chi connectivity index (χ1v) is 13.1. The first-order valence-electron chi connectivity index (χ1n) is 11.6. The lowest BCUT2D eigenvalue weighted by atomic mass is 9.88. The Morgan fingerprint density at radius 3 is 2.28 bits per heavy atom. The van der Waals surface area contributed by atoms with Gasteiger partial charge < -0.3 is 19.7 Å². The maximum Gasteiger partial charge on any atom is 0.341 e. The Hall–Kier alpha value is -2.29. The highest BCUT2D eigenvalue weighted by atomic mass is 79.9. The van der Waals surface area contributed by atoms with Crippen molar-refractivity contribution in [3.05, 3.63) is 62.0 Å². The summed E-state index contributed by atoms with van der Waals surface area (Å²) < 4.78 is 11.7. The van der Waals surface area contributed by atoms with Gasteiger partial charge in [0.2, 0.25) is 0 Å². The molecule has 1 aliphatic heterocycles. The van der Waals surface area contributed by atoms with Crippen LogP contribution in [0, 0.1) is 0 Å². The van der Waals surface area contributed by atoms with Crippen LogP contribution in [0.1, 0.15) is 56.5 Å². The second-order valence-corrected chi connectivity index (χ2v) is 11.3. The third kappa shape index (κ3) is 6.52. The number of ether oxygens (including phenoxy) is 2. The standard InChI is InChI=1S/C26H29BrCl2N2O5/c1-5-35-23(33)26(15-16-7-9-17(27)10-8-16)11-6-12-31(26)24(34)30-18-13-19(28)21(20(29)14-18)22(32)36-25(2,3)4/h7-10,13-14H,5-6,11-12,15H2,1-4H3,(H,30,34). The number of nitrogens with one attached hydrogen (secondary N) is 1.